The molecule has 0 aromatic heterocycles. The Labute approximate surface area is 762 Å². The summed E-state index contributed by atoms with van der Waals surface area (Å²) < 4.78 is 1.76. The van der Waals surface area contributed by atoms with Crippen molar-refractivity contribution >= 4 is 66.4 Å². The normalized spacial score (nSPS) is 10.1. The second-order valence-corrected chi connectivity index (χ2v) is 33.2. The van der Waals surface area contributed by atoms with Crippen molar-refractivity contribution in [2.24, 2.45) is 0 Å². The van der Waals surface area contributed by atoms with E-state index in [1.54, 1.807) is 0 Å². The maximum atomic E-state index is 12.4. The number of terminal acetylenes is 1. The highest BCUT2D eigenvalue weighted by molar-refractivity contribution is 9.28. The summed E-state index contributed by atoms with van der Waals surface area (Å²) in [5, 5.41) is 0. The van der Waals surface area contributed by atoms with E-state index in [2.05, 4.69) is 317 Å². The smallest absolute Gasteiger partial charge is 0.151 e. The van der Waals surface area contributed by atoms with Gasteiger partial charge < -0.3 is 0 Å². The lowest BCUT2D eigenvalue weighted by Crippen LogP contribution is -2.03. The summed E-state index contributed by atoms with van der Waals surface area (Å²) in [4.78, 5) is 24.0. The van der Waals surface area contributed by atoms with E-state index < -0.39 is 0 Å². The first kappa shape index (κ1) is 88.3. The highest BCUT2D eigenvalue weighted by Gasteiger charge is 2.24. The van der Waals surface area contributed by atoms with E-state index in [9.17, 15) is 9.59 Å². The number of benzene rings is 17. The molecule has 17 rings (SSSR count). The van der Waals surface area contributed by atoms with Crippen molar-refractivity contribution in [3.8, 4) is 148 Å². The van der Waals surface area contributed by atoms with Crippen LogP contribution in [0.3, 0.4) is 0 Å². The minimum absolute atomic E-state index is 0.652. The van der Waals surface area contributed by atoms with Crippen LogP contribution < -0.4 is 0 Å². The molecule has 17 aromatic carbocycles. The molecule has 0 aliphatic carbocycles. The van der Waals surface area contributed by atoms with Gasteiger partial charge in [-0.15, -0.1) is 6.42 Å². The van der Waals surface area contributed by atoms with Crippen molar-refractivity contribution in [2.45, 2.75) is 41.5 Å². The van der Waals surface area contributed by atoms with Crippen LogP contribution in [-0.4, -0.2) is 12.6 Å². The first-order valence-corrected chi connectivity index (χ1v) is 43.6. The van der Waals surface area contributed by atoms with Crippen molar-refractivity contribution < 1.29 is 9.59 Å². The number of hydrogen-bond donors (Lipinski definition) is 0. The maximum Gasteiger partial charge on any atom is 0.151 e. The summed E-state index contributed by atoms with van der Waals surface area (Å²) in [5.41, 5.74) is 36.6. The van der Waals surface area contributed by atoms with Crippen molar-refractivity contribution in [2.75, 3.05) is 0 Å². The summed E-state index contributed by atoms with van der Waals surface area (Å²) in [6, 6.07) is 138. The van der Waals surface area contributed by atoms with E-state index in [1.165, 1.54) is 66.8 Å². The molecule has 0 unspecified atom stereocenters. The first-order valence-electron chi connectivity index (χ1n) is 41.2. The summed E-state index contributed by atoms with van der Waals surface area (Å²) in [7, 11) is 0. The van der Waals surface area contributed by atoms with Gasteiger partial charge >= 0.3 is 0 Å². The minimum atomic E-state index is 0.652. The van der Waals surface area contributed by atoms with Crippen LogP contribution in [0, 0.1) is 89.4 Å². The number of carbonyl (C=O) groups is 2. The van der Waals surface area contributed by atoms with Gasteiger partial charge in [0.1, 0.15) is 0 Å². The molecular formula is C120H89Br3O2. The molecule has 125 heavy (non-hydrogen) atoms. The van der Waals surface area contributed by atoms with Crippen LogP contribution in [0.15, 0.2) is 414 Å². The third-order valence-electron chi connectivity index (χ3n) is 21.6. The van der Waals surface area contributed by atoms with E-state index in [0.29, 0.717) is 5.56 Å². The standard InChI is InChI=1S/C36H26Br2.C35H26O.C21H17BrO.2C14H10/c1-25-32(23-20-27-18-21-29(22-19-27)28-12-6-3-7-13-28)33(24-34(37)38)26(2)36(31-16-10-5-11-17-31)35(25)30-14-8-4-9-15-30;1-25-32(23-20-27-18-21-29(22-19-27)28-12-6-3-7-13-28)33(24-36)26(2)35(31-16-10-5-11-17-31)34(25)30-14-8-4-9-15-30;1-14-18(13-23)21(22)15(2)20(17-11-7-4-8-12-17)19(14)16-9-5-3-6-10-16;1-3-7-13(8-4-1)11-12-14-9-5-2-6-10-14;1-2-12-8-10-14(11-9-12)13-6-4-3-5-7-13/h3-19,21-22,24H,1-2H3;3-19,21-22,24H,1-2H3;3-13H,1-2H3;1-10H;1,3-11H. The molecule has 0 amide bonds. The topological polar surface area (TPSA) is 34.1 Å². The molecule has 0 aliphatic rings. The molecule has 0 spiro atoms. The predicted octanol–water partition coefficient (Wildman–Crippen LogP) is 31.9. The number of rotatable bonds is 12. The molecule has 0 radical (unpaired) electrons. The minimum Gasteiger partial charge on any atom is -0.298 e. The molecule has 0 N–H and O–H groups in total. The van der Waals surface area contributed by atoms with Gasteiger partial charge in [0, 0.05) is 54.5 Å². The second-order valence-electron chi connectivity index (χ2n) is 29.6. The highest BCUT2D eigenvalue weighted by Crippen LogP contribution is 2.46. The molecule has 0 heterocycles. The molecule has 0 bridgehead atoms. The van der Waals surface area contributed by atoms with Gasteiger partial charge in [-0.3, -0.25) is 9.59 Å². The van der Waals surface area contributed by atoms with Gasteiger partial charge in [0.15, 0.2) is 12.6 Å². The van der Waals surface area contributed by atoms with Crippen LogP contribution in [0.1, 0.15) is 98.6 Å². The summed E-state index contributed by atoms with van der Waals surface area (Å²) in [6.07, 6.45) is 9.29. The average Bonchev–Trinajstić information content (AvgIpc) is 0.757. The third kappa shape index (κ3) is 22.6. The number of aldehydes is 2. The third-order valence-corrected chi connectivity index (χ3v) is 23.1. The lowest BCUT2D eigenvalue weighted by atomic mass is 9.82. The zero-order chi connectivity index (χ0) is 87.2. The predicted molar refractivity (Wildman–Crippen MR) is 539 cm³/mol. The van der Waals surface area contributed by atoms with Crippen molar-refractivity contribution in [1.82, 2.24) is 0 Å². The number of hydrogen-bond acceptors (Lipinski definition) is 2. The average molecular weight is 1800 g/mol. The second kappa shape index (κ2) is 44.3. The van der Waals surface area contributed by atoms with Crippen molar-refractivity contribution in [1.29, 1.82) is 0 Å². The monoisotopic (exact) mass is 1800 g/mol. The molecule has 0 aliphatic heterocycles. The van der Waals surface area contributed by atoms with Gasteiger partial charge in [0.2, 0.25) is 0 Å². The molecule has 0 atom stereocenters. The van der Waals surface area contributed by atoms with Crippen LogP contribution >= 0.6 is 47.8 Å². The molecule has 0 saturated heterocycles. The largest absolute Gasteiger partial charge is 0.298 e. The van der Waals surface area contributed by atoms with Gasteiger partial charge in [-0.25, -0.2) is 0 Å². The van der Waals surface area contributed by atoms with E-state index in [1.807, 2.05) is 226 Å². The van der Waals surface area contributed by atoms with Crippen LogP contribution in [0.2, 0.25) is 0 Å². The van der Waals surface area contributed by atoms with Crippen LogP contribution in [0.4, 0.5) is 0 Å². The lowest BCUT2D eigenvalue weighted by molar-refractivity contribution is 0.111. The molecule has 2 nitrogen and oxygen atoms in total. The fourth-order valence-electron chi connectivity index (χ4n) is 15.3. The Morgan fingerprint density at radius 3 is 0.688 bits per heavy atom. The summed E-state index contributed by atoms with van der Waals surface area (Å²) >= 11 is 10.8. The Bertz CT molecular complexity index is 6760. The fourth-order valence-corrected chi connectivity index (χ4v) is 16.4. The van der Waals surface area contributed by atoms with E-state index in [4.69, 9.17) is 6.42 Å². The van der Waals surface area contributed by atoms with Crippen molar-refractivity contribution in [3.05, 3.63) is 503 Å². The Hall–Kier alpha value is -14.5. The quantitative estimate of drug-likeness (QED) is 0.0902. The summed E-state index contributed by atoms with van der Waals surface area (Å²) in [6.45, 7) is 12.6. The van der Waals surface area contributed by atoms with E-state index in [0.717, 1.165) is 137 Å². The number of halogens is 3. The Kier molecular flexibility index (Phi) is 31.3. The molecular weight excluding hydrogens is 1710 g/mol. The SMILES string of the molecule is C#Cc1ccc(-c2ccccc2)cc1.C(#Cc1ccccc1)c1ccccc1.Cc1c(Br)c(C=O)c(C)c(-c2ccccc2)c1-c1ccccc1.Cc1c(C#Cc2ccc(-c3ccccc3)cc2)c(C=C(Br)Br)c(C)c(-c2ccccc2)c1-c1ccccc1.Cc1c(C#Cc2ccc(-c3ccccc3)cc2)c(C=O)c(C)c(-c2ccccc2)c1-c1ccccc1. The molecule has 0 saturated carbocycles. The lowest BCUT2D eigenvalue weighted by Gasteiger charge is -2.21. The Balaban J connectivity index is 0.000000142. The molecule has 0 fully saturated rings. The fraction of sp³-hybridized carbons (Fsp3) is 0.0500. The van der Waals surface area contributed by atoms with Crippen LogP contribution in [0.5, 0.6) is 0 Å². The van der Waals surface area contributed by atoms with Gasteiger partial charge in [0.25, 0.3) is 0 Å². The van der Waals surface area contributed by atoms with Gasteiger partial charge in [0.05, 0.1) is 3.39 Å². The van der Waals surface area contributed by atoms with Gasteiger partial charge in [-0.05, 0) is 295 Å². The van der Waals surface area contributed by atoms with Crippen molar-refractivity contribution in [3.63, 3.8) is 0 Å². The van der Waals surface area contributed by atoms with Crippen LogP contribution in [-0.2, 0) is 0 Å². The van der Waals surface area contributed by atoms with E-state index >= 15 is 0 Å². The molecule has 5 heteroatoms. The molecule has 602 valence electrons. The number of carbonyl (C=O) groups excluding carboxylic acids is 2. The van der Waals surface area contributed by atoms with Gasteiger partial charge in [-0.2, -0.15) is 0 Å². The highest BCUT2D eigenvalue weighted by atomic mass is 79.9. The Morgan fingerprint density at radius 1 is 0.224 bits per heavy atom. The summed E-state index contributed by atoms with van der Waals surface area (Å²) in [5.74, 6) is 22.5. The van der Waals surface area contributed by atoms with E-state index in [-0.39, 0.29) is 0 Å². The maximum absolute atomic E-state index is 12.4. The zero-order valence-electron chi connectivity index (χ0n) is 70.4. The van der Waals surface area contributed by atoms with Crippen LogP contribution in [0.25, 0.3) is 106 Å². The first-order chi connectivity index (χ1) is 61.2. The Morgan fingerprint density at radius 2 is 0.424 bits per heavy atom. The zero-order valence-corrected chi connectivity index (χ0v) is 75.2. The molecule has 17 aromatic rings. The van der Waals surface area contributed by atoms with Gasteiger partial charge in [-0.1, -0.05) is 387 Å².